The van der Waals surface area contributed by atoms with Gasteiger partial charge in [0.15, 0.2) is 0 Å². The quantitative estimate of drug-likeness (QED) is 0.665. The minimum atomic E-state index is 0.333. The van der Waals surface area contributed by atoms with Crippen LogP contribution >= 0.6 is 0 Å². The molecule has 0 bridgehead atoms. The lowest BCUT2D eigenvalue weighted by Crippen LogP contribution is -2.48. The van der Waals surface area contributed by atoms with Crippen molar-refractivity contribution in [2.75, 3.05) is 14.2 Å². The van der Waals surface area contributed by atoms with Gasteiger partial charge < -0.3 is 9.47 Å². The smallest absolute Gasteiger partial charge is 0.121 e. The number of rotatable bonds is 5. The predicted octanol–water partition coefficient (Wildman–Crippen LogP) is 4.85. The minimum absolute atomic E-state index is 0.333. The van der Waals surface area contributed by atoms with Crippen LogP contribution in [0.4, 0.5) is 0 Å². The zero-order chi connectivity index (χ0) is 16.1. The Bertz CT molecular complexity index is 319. The van der Waals surface area contributed by atoms with Crippen LogP contribution in [-0.4, -0.2) is 42.2 Å². The fourth-order valence-corrected chi connectivity index (χ4v) is 9.53. The first-order valence-electron chi connectivity index (χ1n) is 10.1. The molecule has 3 aliphatic carbocycles. The van der Waals surface area contributed by atoms with E-state index in [2.05, 4.69) is 0 Å². The largest absolute Gasteiger partial charge is 0.379 e. The number of hydrogen-bond acceptors (Lipinski definition) is 2. The second kappa shape index (κ2) is 9.10. The molecule has 3 atom stereocenters. The van der Waals surface area contributed by atoms with Crippen LogP contribution in [-0.2, 0) is 20.4 Å². The zero-order valence-electron chi connectivity index (χ0n) is 15.3. The Kier molecular flexibility index (Phi) is 7.15. The van der Waals surface area contributed by atoms with E-state index in [1.165, 1.54) is 83.5 Å². The molecular formula is C20H37O2S+. The molecule has 2 nitrogen and oxygen atoms in total. The Labute approximate surface area is 146 Å². The van der Waals surface area contributed by atoms with E-state index >= 15 is 0 Å². The van der Waals surface area contributed by atoms with Crippen LogP contribution < -0.4 is 0 Å². The molecule has 3 unspecified atom stereocenters. The van der Waals surface area contributed by atoms with E-state index in [0.717, 1.165) is 15.7 Å². The van der Waals surface area contributed by atoms with Crippen LogP contribution in [0.3, 0.4) is 0 Å². The Morgan fingerprint density at radius 3 is 1.57 bits per heavy atom. The minimum Gasteiger partial charge on any atom is -0.379 e. The van der Waals surface area contributed by atoms with Gasteiger partial charge in [-0.3, -0.25) is 0 Å². The van der Waals surface area contributed by atoms with Gasteiger partial charge in [-0.2, -0.15) is 0 Å². The molecule has 0 aromatic rings. The first kappa shape index (κ1) is 18.1. The summed E-state index contributed by atoms with van der Waals surface area (Å²) in [6.07, 6.45) is 19.5. The highest BCUT2D eigenvalue weighted by Crippen LogP contribution is 2.41. The predicted molar refractivity (Wildman–Crippen MR) is 100 cm³/mol. The third-order valence-electron chi connectivity index (χ3n) is 6.55. The molecule has 3 heteroatoms. The Morgan fingerprint density at radius 2 is 1.09 bits per heavy atom. The first-order valence-corrected chi connectivity index (χ1v) is 11.5. The fraction of sp³-hybridized carbons (Fsp3) is 1.00. The first-order chi connectivity index (χ1) is 11.3. The molecule has 0 heterocycles. The second-order valence-electron chi connectivity index (χ2n) is 7.91. The van der Waals surface area contributed by atoms with Crippen LogP contribution in [0.1, 0.15) is 83.5 Å². The molecule has 0 aromatic carbocycles. The molecule has 0 radical (unpaired) electrons. The van der Waals surface area contributed by atoms with Gasteiger partial charge in [-0.25, -0.2) is 0 Å². The molecule has 3 aliphatic rings. The maximum atomic E-state index is 5.83. The highest BCUT2D eigenvalue weighted by Gasteiger charge is 2.48. The van der Waals surface area contributed by atoms with E-state index in [0.29, 0.717) is 23.1 Å². The van der Waals surface area contributed by atoms with Gasteiger partial charge in [0.1, 0.15) is 15.7 Å². The summed E-state index contributed by atoms with van der Waals surface area (Å²) in [5.74, 6) is 0. The SMILES string of the molecule is COC1CCC([S+](C2CCCCC2)C2CCCCC2)CC1OC. The van der Waals surface area contributed by atoms with Crippen molar-refractivity contribution in [1.29, 1.82) is 0 Å². The van der Waals surface area contributed by atoms with Crippen LogP contribution in [0.25, 0.3) is 0 Å². The van der Waals surface area contributed by atoms with E-state index in [-0.39, 0.29) is 0 Å². The Morgan fingerprint density at radius 1 is 0.565 bits per heavy atom. The van der Waals surface area contributed by atoms with Crippen molar-refractivity contribution in [2.24, 2.45) is 0 Å². The van der Waals surface area contributed by atoms with Gasteiger partial charge in [0.2, 0.25) is 0 Å². The number of hydrogen-bond donors (Lipinski definition) is 0. The third kappa shape index (κ3) is 4.46. The van der Waals surface area contributed by atoms with Gasteiger partial charge >= 0.3 is 0 Å². The zero-order valence-corrected chi connectivity index (χ0v) is 16.1. The lowest BCUT2D eigenvalue weighted by Gasteiger charge is -2.39. The molecule has 0 saturated heterocycles. The van der Waals surface area contributed by atoms with Crippen molar-refractivity contribution < 1.29 is 9.47 Å². The van der Waals surface area contributed by atoms with Crippen molar-refractivity contribution in [2.45, 2.75) is 111 Å². The van der Waals surface area contributed by atoms with Crippen molar-refractivity contribution >= 4 is 10.9 Å². The lowest BCUT2D eigenvalue weighted by molar-refractivity contribution is -0.0565. The molecular weight excluding hydrogens is 304 g/mol. The molecule has 3 fully saturated rings. The average molecular weight is 342 g/mol. The summed E-state index contributed by atoms with van der Waals surface area (Å²) in [5.41, 5.74) is 0. The molecule has 3 saturated carbocycles. The van der Waals surface area contributed by atoms with Gasteiger partial charge in [0.05, 0.1) is 12.2 Å². The molecule has 23 heavy (non-hydrogen) atoms. The fourth-order valence-electron chi connectivity index (χ4n) is 5.32. The Balaban J connectivity index is 1.71. The normalized spacial score (nSPS) is 34.8. The molecule has 3 rings (SSSR count). The summed E-state index contributed by atoms with van der Waals surface area (Å²) in [7, 11) is 4.39. The second-order valence-corrected chi connectivity index (χ2v) is 10.7. The molecule has 0 amide bonds. The summed E-state index contributed by atoms with van der Waals surface area (Å²) in [6, 6.07) is 0. The van der Waals surface area contributed by atoms with Crippen molar-refractivity contribution in [3.8, 4) is 0 Å². The average Bonchev–Trinajstić information content (AvgIpc) is 2.63. The maximum Gasteiger partial charge on any atom is 0.121 e. The summed E-state index contributed by atoms with van der Waals surface area (Å²) in [5, 5.41) is 2.99. The molecule has 0 aromatic heterocycles. The van der Waals surface area contributed by atoms with Gasteiger partial charge in [0.25, 0.3) is 0 Å². The highest BCUT2D eigenvalue weighted by atomic mass is 32.2. The summed E-state index contributed by atoms with van der Waals surface area (Å²) in [4.78, 5) is 0. The van der Waals surface area contributed by atoms with E-state index in [1.807, 2.05) is 14.2 Å². The number of methoxy groups -OCH3 is 2. The van der Waals surface area contributed by atoms with Gasteiger partial charge in [-0.05, 0) is 75.1 Å². The highest BCUT2D eigenvalue weighted by molar-refractivity contribution is 7.98. The molecule has 0 N–H and O–H groups in total. The van der Waals surface area contributed by atoms with Crippen LogP contribution in [0.2, 0.25) is 0 Å². The van der Waals surface area contributed by atoms with Gasteiger partial charge in [-0.15, -0.1) is 0 Å². The van der Waals surface area contributed by atoms with E-state index in [1.54, 1.807) is 0 Å². The molecule has 0 spiro atoms. The topological polar surface area (TPSA) is 18.5 Å². The summed E-state index contributed by atoms with van der Waals surface area (Å²) in [6.45, 7) is 0. The van der Waals surface area contributed by atoms with Crippen molar-refractivity contribution in [3.63, 3.8) is 0 Å². The third-order valence-corrected chi connectivity index (χ3v) is 10.2. The monoisotopic (exact) mass is 341 g/mol. The lowest BCUT2D eigenvalue weighted by atomic mass is 9.94. The number of ether oxygens (including phenoxy) is 2. The van der Waals surface area contributed by atoms with E-state index in [9.17, 15) is 0 Å². The maximum absolute atomic E-state index is 5.83. The van der Waals surface area contributed by atoms with E-state index in [4.69, 9.17) is 9.47 Å². The standard InChI is InChI=1S/C20H37O2S/c1-21-19-14-13-18(15-20(19)22-2)23(16-9-5-3-6-10-16)17-11-7-4-8-12-17/h16-20H,3-15H2,1-2H3/q+1. The van der Waals surface area contributed by atoms with Crippen LogP contribution in [0.5, 0.6) is 0 Å². The van der Waals surface area contributed by atoms with Crippen LogP contribution in [0, 0.1) is 0 Å². The summed E-state index contributed by atoms with van der Waals surface area (Å²) < 4.78 is 11.5. The summed E-state index contributed by atoms with van der Waals surface area (Å²) >= 11 is 0. The van der Waals surface area contributed by atoms with E-state index < -0.39 is 0 Å². The van der Waals surface area contributed by atoms with Crippen molar-refractivity contribution in [1.82, 2.24) is 0 Å². The van der Waals surface area contributed by atoms with Crippen molar-refractivity contribution in [3.05, 3.63) is 0 Å². The molecule has 0 aliphatic heterocycles. The Hall–Kier alpha value is 0.270. The van der Waals surface area contributed by atoms with Gasteiger partial charge in [-0.1, -0.05) is 12.8 Å². The molecule has 134 valence electrons. The van der Waals surface area contributed by atoms with Gasteiger partial charge in [0, 0.05) is 20.6 Å². The van der Waals surface area contributed by atoms with Crippen LogP contribution in [0.15, 0.2) is 0 Å².